The summed E-state index contributed by atoms with van der Waals surface area (Å²) in [5.74, 6) is 1.86. The number of likely N-dealkylation sites (tertiary alicyclic amines) is 1. The van der Waals surface area contributed by atoms with E-state index in [1.807, 2.05) is 7.05 Å². The summed E-state index contributed by atoms with van der Waals surface area (Å²) >= 11 is 0. The first kappa shape index (κ1) is 18.2. The first-order valence-electron chi connectivity index (χ1n) is 10.00. The van der Waals surface area contributed by atoms with E-state index < -0.39 is 0 Å². The molecule has 1 heterocycles. The van der Waals surface area contributed by atoms with E-state index in [4.69, 9.17) is 0 Å². The van der Waals surface area contributed by atoms with Gasteiger partial charge in [-0.05, 0) is 44.1 Å². The molecule has 2 fully saturated rings. The van der Waals surface area contributed by atoms with E-state index in [0.717, 1.165) is 25.0 Å². The molecule has 25 heavy (non-hydrogen) atoms. The van der Waals surface area contributed by atoms with Crippen molar-refractivity contribution in [2.75, 3.05) is 20.1 Å². The molecule has 3 rings (SSSR count). The lowest BCUT2D eigenvalue weighted by Gasteiger charge is -2.37. The number of hydrogen-bond donors (Lipinski definition) is 2. The number of aliphatic imine (C=N–C) groups is 1. The summed E-state index contributed by atoms with van der Waals surface area (Å²) in [6.07, 6.45) is 6.29. The van der Waals surface area contributed by atoms with Crippen LogP contribution in [0.2, 0.25) is 0 Å². The maximum absolute atomic E-state index is 4.44. The molecule has 0 radical (unpaired) electrons. The molecule has 1 saturated heterocycles. The summed E-state index contributed by atoms with van der Waals surface area (Å²) < 4.78 is 0. The third-order valence-electron chi connectivity index (χ3n) is 5.83. The van der Waals surface area contributed by atoms with Gasteiger partial charge in [-0.25, -0.2) is 0 Å². The normalized spacial score (nSPS) is 26.3. The molecule has 4 nitrogen and oxygen atoms in total. The first-order valence-corrected chi connectivity index (χ1v) is 10.00. The summed E-state index contributed by atoms with van der Waals surface area (Å²) in [6, 6.07) is 12.5. The van der Waals surface area contributed by atoms with E-state index in [-0.39, 0.29) is 0 Å². The minimum absolute atomic E-state index is 0.501. The lowest BCUT2D eigenvalue weighted by molar-refractivity contribution is 0.158. The van der Waals surface area contributed by atoms with Gasteiger partial charge in [-0.1, -0.05) is 43.7 Å². The molecule has 0 amide bonds. The average molecular weight is 343 g/mol. The van der Waals surface area contributed by atoms with Crippen molar-refractivity contribution in [1.82, 2.24) is 15.5 Å². The van der Waals surface area contributed by atoms with Gasteiger partial charge in [-0.15, -0.1) is 0 Å². The van der Waals surface area contributed by atoms with Crippen LogP contribution in [0.5, 0.6) is 0 Å². The number of nitrogens with zero attached hydrogens (tertiary/aromatic N) is 2. The molecule has 1 saturated carbocycles. The number of hydrogen-bond acceptors (Lipinski definition) is 2. The van der Waals surface area contributed by atoms with Crippen molar-refractivity contribution in [3.8, 4) is 0 Å². The summed E-state index contributed by atoms with van der Waals surface area (Å²) in [5.41, 5.74) is 1.42. The van der Waals surface area contributed by atoms with Crippen LogP contribution < -0.4 is 10.6 Å². The van der Waals surface area contributed by atoms with Gasteiger partial charge in [0, 0.05) is 38.3 Å². The van der Waals surface area contributed by atoms with Gasteiger partial charge in [-0.2, -0.15) is 0 Å². The highest BCUT2D eigenvalue weighted by Crippen LogP contribution is 2.34. The Morgan fingerprint density at radius 1 is 1.20 bits per heavy atom. The molecule has 3 atom stereocenters. The summed E-state index contributed by atoms with van der Waals surface area (Å²) in [5, 5.41) is 7.26. The Labute approximate surface area is 153 Å². The highest BCUT2D eigenvalue weighted by atomic mass is 15.2. The predicted molar refractivity (Wildman–Crippen MR) is 106 cm³/mol. The Hall–Kier alpha value is -1.55. The van der Waals surface area contributed by atoms with Crippen LogP contribution in [0.3, 0.4) is 0 Å². The van der Waals surface area contributed by atoms with Gasteiger partial charge < -0.3 is 10.6 Å². The van der Waals surface area contributed by atoms with Gasteiger partial charge in [0.15, 0.2) is 5.96 Å². The molecule has 2 N–H and O–H groups in total. The van der Waals surface area contributed by atoms with Crippen LogP contribution in [0.15, 0.2) is 35.3 Å². The lowest BCUT2D eigenvalue weighted by Crippen LogP contribution is -2.49. The van der Waals surface area contributed by atoms with Crippen LogP contribution in [0.25, 0.3) is 0 Å². The molecule has 1 aromatic rings. The Bertz CT molecular complexity index is 548. The van der Waals surface area contributed by atoms with Gasteiger partial charge in [0.25, 0.3) is 0 Å². The number of nitrogens with one attached hydrogen (secondary N) is 2. The Morgan fingerprint density at radius 2 is 1.92 bits per heavy atom. The molecule has 0 spiro atoms. The largest absolute Gasteiger partial charge is 0.354 e. The van der Waals surface area contributed by atoms with Crippen LogP contribution >= 0.6 is 0 Å². The highest BCUT2D eigenvalue weighted by Gasteiger charge is 2.37. The number of guanidine groups is 1. The molecule has 1 aliphatic heterocycles. The molecule has 3 unspecified atom stereocenters. The second kappa shape index (κ2) is 8.70. The van der Waals surface area contributed by atoms with Crippen molar-refractivity contribution in [3.63, 3.8) is 0 Å². The van der Waals surface area contributed by atoms with E-state index in [9.17, 15) is 0 Å². The van der Waals surface area contributed by atoms with Crippen molar-refractivity contribution >= 4 is 5.96 Å². The summed E-state index contributed by atoms with van der Waals surface area (Å²) in [7, 11) is 1.89. The van der Waals surface area contributed by atoms with E-state index >= 15 is 0 Å². The zero-order valence-corrected chi connectivity index (χ0v) is 16.0. The van der Waals surface area contributed by atoms with E-state index in [0.29, 0.717) is 18.1 Å². The Kier molecular flexibility index (Phi) is 6.35. The number of rotatable bonds is 6. The molecule has 2 aliphatic rings. The van der Waals surface area contributed by atoms with Gasteiger partial charge in [-0.3, -0.25) is 9.89 Å². The van der Waals surface area contributed by atoms with Crippen LogP contribution in [0.4, 0.5) is 0 Å². The second-order valence-corrected chi connectivity index (χ2v) is 7.65. The summed E-state index contributed by atoms with van der Waals surface area (Å²) in [6.45, 7) is 6.89. The predicted octanol–water partition coefficient (Wildman–Crippen LogP) is 3.57. The Morgan fingerprint density at radius 3 is 2.56 bits per heavy atom. The van der Waals surface area contributed by atoms with Gasteiger partial charge >= 0.3 is 0 Å². The zero-order valence-electron chi connectivity index (χ0n) is 16.0. The third-order valence-corrected chi connectivity index (χ3v) is 5.83. The average Bonchev–Trinajstić information content (AvgIpc) is 3.39. The van der Waals surface area contributed by atoms with Crippen LogP contribution in [-0.2, 0) is 0 Å². The van der Waals surface area contributed by atoms with E-state index in [2.05, 4.69) is 64.7 Å². The van der Waals surface area contributed by atoms with E-state index in [1.54, 1.807) is 0 Å². The minimum atomic E-state index is 0.501. The van der Waals surface area contributed by atoms with Crippen molar-refractivity contribution in [3.05, 3.63) is 35.9 Å². The SMILES string of the molecule is CCCC1CC1NC(=NC)NC1CCN(C(C)c2ccccc2)CC1. The zero-order chi connectivity index (χ0) is 17.6. The first-order chi connectivity index (χ1) is 12.2. The number of benzene rings is 1. The van der Waals surface area contributed by atoms with Gasteiger partial charge in [0.1, 0.15) is 0 Å². The molecule has 4 heteroatoms. The third kappa shape index (κ3) is 4.97. The second-order valence-electron chi connectivity index (χ2n) is 7.65. The summed E-state index contributed by atoms with van der Waals surface area (Å²) in [4.78, 5) is 7.04. The standard InChI is InChI=1S/C21H34N4/c1-4-8-18-15-20(18)24-21(22-3)23-19-11-13-25(14-12-19)16(2)17-9-6-5-7-10-17/h5-7,9-10,16,18-20H,4,8,11-15H2,1-3H3,(H2,22,23,24). The fraction of sp³-hybridized carbons (Fsp3) is 0.667. The van der Waals surface area contributed by atoms with Crippen molar-refractivity contribution < 1.29 is 0 Å². The Balaban J connectivity index is 1.43. The monoisotopic (exact) mass is 342 g/mol. The van der Waals surface area contributed by atoms with Gasteiger partial charge in [0.2, 0.25) is 0 Å². The molecule has 0 aromatic heterocycles. The van der Waals surface area contributed by atoms with E-state index in [1.165, 1.54) is 37.7 Å². The molecule has 1 aromatic carbocycles. The van der Waals surface area contributed by atoms with Crippen LogP contribution in [0, 0.1) is 5.92 Å². The molecule has 0 bridgehead atoms. The molecular weight excluding hydrogens is 308 g/mol. The maximum atomic E-state index is 4.44. The van der Waals surface area contributed by atoms with Gasteiger partial charge in [0.05, 0.1) is 0 Å². The number of piperidine rings is 1. The highest BCUT2D eigenvalue weighted by molar-refractivity contribution is 5.80. The minimum Gasteiger partial charge on any atom is -0.354 e. The molecule has 1 aliphatic carbocycles. The lowest BCUT2D eigenvalue weighted by atomic mass is 10.0. The smallest absolute Gasteiger partial charge is 0.191 e. The van der Waals surface area contributed by atoms with Crippen molar-refractivity contribution in [2.24, 2.45) is 10.9 Å². The quantitative estimate of drug-likeness (QED) is 0.613. The molecular formula is C21H34N4. The topological polar surface area (TPSA) is 39.7 Å². The van der Waals surface area contributed by atoms with Crippen LogP contribution in [-0.4, -0.2) is 43.1 Å². The van der Waals surface area contributed by atoms with Crippen molar-refractivity contribution in [2.45, 2.75) is 64.1 Å². The molecule has 138 valence electrons. The maximum Gasteiger partial charge on any atom is 0.191 e. The fourth-order valence-electron chi connectivity index (χ4n) is 4.03. The van der Waals surface area contributed by atoms with Crippen LogP contribution in [0.1, 0.15) is 57.6 Å². The fourth-order valence-corrected chi connectivity index (χ4v) is 4.03. The van der Waals surface area contributed by atoms with Crippen molar-refractivity contribution in [1.29, 1.82) is 0 Å².